The van der Waals surface area contributed by atoms with Gasteiger partial charge < -0.3 is 4.74 Å². The Hall–Kier alpha value is -3.24. The molecule has 0 aliphatic carbocycles. The molecule has 0 unspecified atom stereocenters. The van der Waals surface area contributed by atoms with Crippen LogP contribution < -0.4 is 4.74 Å². The fraction of sp³-hybridized carbons (Fsp3) is 0.0435. The van der Waals surface area contributed by atoms with Gasteiger partial charge in [0.2, 0.25) is 0 Å². The first-order valence-corrected chi connectivity index (χ1v) is 7.92. The second-order valence-corrected chi connectivity index (χ2v) is 5.24. The van der Waals surface area contributed by atoms with Gasteiger partial charge in [-0.15, -0.1) is 0 Å². The van der Waals surface area contributed by atoms with Gasteiger partial charge in [0.05, 0.1) is 5.56 Å². The molecular formula is C23H18O. The molecule has 0 atom stereocenters. The fourth-order valence-electron chi connectivity index (χ4n) is 2.24. The molecule has 0 heterocycles. The molecule has 24 heavy (non-hydrogen) atoms. The van der Waals surface area contributed by atoms with Gasteiger partial charge >= 0.3 is 0 Å². The van der Waals surface area contributed by atoms with Crippen LogP contribution in [0.25, 0.3) is 6.08 Å². The van der Waals surface area contributed by atoms with Gasteiger partial charge in [-0.25, -0.2) is 0 Å². The normalized spacial score (nSPS) is 10.2. The van der Waals surface area contributed by atoms with Crippen LogP contribution >= 0.6 is 0 Å². The average molecular weight is 310 g/mol. The minimum Gasteiger partial charge on any atom is -0.488 e. The smallest absolute Gasteiger partial charge is 0.135 e. The molecule has 0 bridgehead atoms. The van der Waals surface area contributed by atoms with E-state index >= 15 is 0 Å². The third kappa shape index (κ3) is 4.63. The predicted octanol–water partition coefficient (Wildman–Crippen LogP) is 5.18. The number of ether oxygens (including phenoxy) is 1. The summed E-state index contributed by atoms with van der Waals surface area (Å²) in [5.41, 5.74) is 3.06. The zero-order valence-corrected chi connectivity index (χ0v) is 13.4. The Morgan fingerprint density at radius 2 is 1.38 bits per heavy atom. The van der Waals surface area contributed by atoms with Crippen molar-refractivity contribution >= 4 is 6.08 Å². The summed E-state index contributed by atoms with van der Waals surface area (Å²) in [5, 5.41) is 0. The van der Waals surface area contributed by atoms with Crippen molar-refractivity contribution in [2.75, 3.05) is 6.61 Å². The number of hydrogen-bond acceptors (Lipinski definition) is 1. The van der Waals surface area contributed by atoms with Crippen molar-refractivity contribution in [2.24, 2.45) is 0 Å². The molecule has 1 heteroatoms. The summed E-state index contributed by atoms with van der Waals surface area (Å²) in [4.78, 5) is 0. The molecule has 0 saturated heterocycles. The first-order valence-electron chi connectivity index (χ1n) is 7.92. The molecule has 3 rings (SSSR count). The van der Waals surface area contributed by atoms with Crippen molar-refractivity contribution in [1.82, 2.24) is 0 Å². The summed E-state index contributed by atoms with van der Waals surface area (Å²) in [5.74, 6) is 7.16. The van der Waals surface area contributed by atoms with Gasteiger partial charge in [0.15, 0.2) is 0 Å². The van der Waals surface area contributed by atoms with E-state index in [0.717, 1.165) is 16.9 Å². The van der Waals surface area contributed by atoms with E-state index < -0.39 is 0 Å². The van der Waals surface area contributed by atoms with Gasteiger partial charge in [-0.3, -0.25) is 0 Å². The predicted molar refractivity (Wildman–Crippen MR) is 99.8 cm³/mol. The van der Waals surface area contributed by atoms with Gasteiger partial charge in [-0.2, -0.15) is 0 Å². The second kappa shape index (κ2) is 8.41. The Labute approximate surface area is 143 Å². The second-order valence-electron chi connectivity index (χ2n) is 5.24. The lowest BCUT2D eigenvalue weighted by Gasteiger charge is -2.05. The van der Waals surface area contributed by atoms with E-state index in [2.05, 4.69) is 30.0 Å². The van der Waals surface area contributed by atoms with Crippen LogP contribution in [-0.4, -0.2) is 6.61 Å². The highest BCUT2D eigenvalue weighted by molar-refractivity contribution is 5.51. The molecule has 0 aromatic heterocycles. The zero-order chi connectivity index (χ0) is 16.5. The Morgan fingerprint density at radius 1 is 0.708 bits per heavy atom. The van der Waals surface area contributed by atoms with E-state index in [0.29, 0.717) is 6.61 Å². The van der Waals surface area contributed by atoms with Crippen molar-refractivity contribution in [3.63, 3.8) is 0 Å². The van der Waals surface area contributed by atoms with Crippen LogP contribution in [0.2, 0.25) is 0 Å². The summed E-state index contributed by atoms with van der Waals surface area (Å²) in [6.07, 6.45) is 4.06. The van der Waals surface area contributed by atoms with Crippen LogP contribution in [0.3, 0.4) is 0 Å². The third-order valence-electron chi connectivity index (χ3n) is 3.45. The SMILES string of the molecule is C(#Cc1ccccc1OC/C=C/c1ccccc1)c1ccccc1. The highest BCUT2D eigenvalue weighted by atomic mass is 16.5. The topological polar surface area (TPSA) is 9.23 Å². The maximum atomic E-state index is 5.86. The van der Waals surface area contributed by atoms with Crippen molar-refractivity contribution in [1.29, 1.82) is 0 Å². The number of hydrogen-bond donors (Lipinski definition) is 0. The third-order valence-corrected chi connectivity index (χ3v) is 3.45. The van der Waals surface area contributed by atoms with Crippen molar-refractivity contribution < 1.29 is 4.74 Å². The first kappa shape index (κ1) is 15.6. The van der Waals surface area contributed by atoms with E-state index in [1.54, 1.807) is 0 Å². The molecule has 0 aliphatic rings. The fourth-order valence-corrected chi connectivity index (χ4v) is 2.24. The Morgan fingerprint density at radius 3 is 2.17 bits per heavy atom. The van der Waals surface area contributed by atoms with Gasteiger partial charge in [-0.1, -0.05) is 78.6 Å². The molecule has 116 valence electrons. The monoisotopic (exact) mass is 310 g/mol. The van der Waals surface area contributed by atoms with Crippen LogP contribution in [-0.2, 0) is 0 Å². The lowest BCUT2D eigenvalue weighted by atomic mass is 10.1. The summed E-state index contributed by atoms with van der Waals surface area (Å²) in [6.45, 7) is 0.513. The van der Waals surface area contributed by atoms with Crippen LogP contribution in [0, 0.1) is 11.8 Å². The summed E-state index contributed by atoms with van der Waals surface area (Å²) >= 11 is 0. The Balaban J connectivity index is 1.66. The van der Waals surface area contributed by atoms with Gasteiger partial charge in [-0.05, 0) is 35.9 Å². The first-order chi connectivity index (χ1) is 11.9. The lowest BCUT2D eigenvalue weighted by Crippen LogP contribution is -1.95. The quantitative estimate of drug-likeness (QED) is 0.603. The minimum atomic E-state index is 0.513. The molecular weight excluding hydrogens is 292 g/mol. The van der Waals surface area contributed by atoms with Crippen molar-refractivity contribution in [3.8, 4) is 17.6 Å². The molecule has 1 nitrogen and oxygen atoms in total. The lowest BCUT2D eigenvalue weighted by molar-refractivity contribution is 0.362. The van der Waals surface area contributed by atoms with Crippen LogP contribution in [0.5, 0.6) is 5.75 Å². The average Bonchev–Trinajstić information content (AvgIpc) is 2.66. The number of benzene rings is 3. The van der Waals surface area contributed by atoms with E-state index in [4.69, 9.17) is 4.74 Å². The molecule has 0 radical (unpaired) electrons. The molecule has 0 aliphatic heterocycles. The zero-order valence-electron chi connectivity index (χ0n) is 13.4. The summed E-state index contributed by atoms with van der Waals surface area (Å²) in [7, 11) is 0. The largest absolute Gasteiger partial charge is 0.488 e. The highest BCUT2D eigenvalue weighted by Crippen LogP contribution is 2.17. The molecule has 0 saturated carbocycles. The molecule has 0 amide bonds. The van der Waals surface area contributed by atoms with E-state index in [-0.39, 0.29) is 0 Å². The van der Waals surface area contributed by atoms with Crippen LogP contribution in [0.15, 0.2) is 91.0 Å². The van der Waals surface area contributed by atoms with Crippen molar-refractivity contribution in [3.05, 3.63) is 108 Å². The van der Waals surface area contributed by atoms with E-state index in [1.165, 1.54) is 5.56 Å². The Bertz CT molecular complexity index is 853. The minimum absolute atomic E-state index is 0.513. The molecule has 0 fully saturated rings. The van der Waals surface area contributed by atoms with Crippen LogP contribution in [0.4, 0.5) is 0 Å². The number of rotatable bonds is 4. The summed E-state index contributed by atoms with van der Waals surface area (Å²) < 4.78 is 5.86. The maximum Gasteiger partial charge on any atom is 0.135 e. The Kier molecular flexibility index (Phi) is 5.48. The van der Waals surface area contributed by atoms with Crippen LogP contribution in [0.1, 0.15) is 16.7 Å². The van der Waals surface area contributed by atoms with Gasteiger partial charge in [0.1, 0.15) is 12.4 Å². The molecule has 3 aromatic rings. The van der Waals surface area contributed by atoms with E-state index in [1.807, 2.05) is 78.9 Å². The summed E-state index contributed by atoms with van der Waals surface area (Å²) in [6, 6.07) is 28.0. The number of para-hydroxylation sites is 1. The standard InChI is InChI=1S/C23H18O/c1-3-10-20(11-4-1)14-9-19-24-23-16-8-7-15-22(23)18-17-21-12-5-2-6-13-21/h1-16H,19H2/b14-9+. The van der Waals surface area contributed by atoms with Crippen molar-refractivity contribution in [2.45, 2.75) is 0 Å². The van der Waals surface area contributed by atoms with Gasteiger partial charge in [0, 0.05) is 5.56 Å². The molecule has 3 aromatic carbocycles. The highest BCUT2D eigenvalue weighted by Gasteiger charge is 1.98. The molecule has 0 spiro atoms. The van der Waals surface area contributed by atoms with E-state index in [9.17, 15) is 0 Å². The maximum absolute atomic E-state index is 5.86. The molecule has 0 N–H and O–H groups in total. The van der Waals surface area contributed by atoms with Gasteiger partial charge in [0.25, 0.3) is 0 Å².